The van der Waals surface area contributed by atoms with Crippen LogP contribution in [-0.4, -0.2) is 14.9 Å². The molecule has 0 saturated carbocycles. The van der Waals surface area contributed by atoms with E-state index in [0.717, 1.165) is 0 Å². The van der Waals surface area contributed by atoms with Gasteiger partial charge in [0.05, 0.1) is 0 Å². The van der Waals surface area contributed by atoms with E-state index in [1.807, 2.05) is 0 Å². The summed E-state index contributed by atoms with van der Waals surface area (Å²) in [7, 11) is -0.789. The molecule has 0 atom stereocenters. The summed E-state index contributed by atoms with van der Waals surface area (Å²) in [5, 5.41) is 0. The van der Waals surface area contributed by atoms with E-state index in [9.17, 15) is 4.79 Å². The van der Waals surface area contributed by atoms with Crippen LogP contribution in [0, 0.1) is 0 Å². The minimum atomic E-state index is -0.789. The van der Waals surface area contributed by atoms with Crippen molar-refractivity contribution in [1.29, 1.82) is 0 Å². The average molecular weight is 122 g/mol. The first-order valence-electron chi connectivity index (χ1n) is 1.51. The molecule has 0 rings (SSSR count). The first kappa shape index (κ1) is 6.04. The molecule has 6 heavy (non-hydrogen) atoms. The van der Waals surface area contributed by atoms with Crippen LogP contribution in [-0.2, 0) is 9.22 Å². The highest BCUT2D eigenvalue weighted by molar-refractivity contribution is 8.06. The predicted octanol–water partition coefficient (Wildman–Crippen LogP) is -0.522. The molecule has 0 spiro atoms. The minimum absolute atomic E-state index is 0.225. The van der Waals surface area contributed by atoms with Gasteiger partial charge in [-0.3, -0.25) is 4.79 Å². The van der Waals surface area contributed by atoms with E-state index < -0.39 is 8.91 Å². The fourth-order valence-corrected chi connectivity index (χ4v) is 0.818. The third-order valence-electron chi connectivity index (χ3n) is 0.268. The molecule has 2 nitrogen and oxygen atoms in total. The summed E-state index contributed by atoms with van der Waals surface area (Å²) in [5.74, 6) is -0.225. The van der Waals surface area contributed by atoms with Gasteiger partial charge in [-0.1, -0.05) is 0 Å². The highest BCUT2D eigenvalue weighted by Gasteiger charge is 1.82. The summed E-state index contributed by atoms with van der Waals surface area (Å²) in [6.45, 7) is 1.38. The Hall–Kier alpha value is 0.0369. The maximum absolute atomic E-state index is 9.81. The Balaban J connectivity index is 2.83. The van der Waals surface area contributed by atoms with Crippen molar-refractivity contribution in [2.45, 2.75) is 6.92 Å². The molecule has 0 fully saturated rings. The van der Waals surface area contributed by atoms with E-state index >= 15 is 0 Å². The van der Waals surface area contributed by atoms with E-state index in [2.05, 4.69) is 16.5 Å². The van der Waals surface area contributed by atoms with E-state index in [4.69, 9.17) is 0 Å². The van der Waals surface area contributed by atoms with Crippen molar-refractivity contribution in [2.75, 3.05) is 0 Å². The molecule has 0 bridgehead atoms. The van der Waals surface area contributed by atoms with Gasteiger partial charge in [-0.15, -0.1) is 0 Å². The monoisotopic (exact) mass is 122 g/mol. The number of thiol groups is 1. The molecule has 0 aromatic rings. The van der Waals surface area contributed by atoms with Crippen LogP contribution >= 0.6 is 12.1 Å². The molecule has 0 heterocycles. The highest BCUT2D eigenvalue weighted by Crippen LogP contribution is 1.72. The summed E-state index contributed by atoms with van der Waals surface area (Å²) in [6, 6.07) is 0. The molecular weight excluding hydrogens is 116 g/mol. The number of carbonyl (C=O) groups is 1. The van der Waals surface area contributed by atoms with Crippen molar-refractivity contribution in [3.63, 3.8) is 0 Å². The third-order valence-corrected chi connectivity index (χ3v) is 1.19. The van der Waals surface area contributed by atoms with Gasteiger partial charge in [0.15, 0.2) is 0 Å². The lowest BCUT2D eigenvalue weighted by Gasteiger charge is -1.89. The zero-order valence-corrected chi connectivity index (χ0v) is 5.78. The second-order valence-corrected chi connectivity index (χ2v) is 2.09. The Morgan fingerprint density at radius 2 is 2.50 bits per heavy atom. The van der Waals surface area contributed by atoms with Crippen LogP contribution in [0.2, 0.25) is 0 Å². The summed E-state index contributed by atoms with van der Waals surface area (Å²) >= 11 is 3.76. The van der Waals surface area contributed by atoms with Crippen LogP contribution in [0.15, 0.2) is 0 Å². The van der Waals surface area contributed by atoms with Crippen molar-refractivity contribution >= 4 is 27.0 Å². The third kappa shape index (κ3) is 4.04. The molecule has 0 saturated heterocycles. The van der Waals surface area contributed by atoms with Gasteiger partial charge >= 0.3 is 0 Å². The lowest BCUT2D eigenvalue weighted by molar-refractivity contribution is -0.131. The normalized spacial score (nSPS) is 9.67. The second kappa shape index (κ2) is 3.24. The van der Waals surface area contributed by atoms with E-state index in [1.54, 1.807) is 0 Å². The fourth-order valence-electron chi connectivity index (χ4n) is 0.0909. The van der Waals surface area contributed by atoms with Crippen molar-refractivity contribution in [1.82, 2.24) is 0 Å². The van der Waals surface area contributed by atoms with Gasteiger partial charge in [-0.05, 0) is 0 Å². The van der Waals surface area contributed by atoms with E-state index in [0.29, 0.717) is 0 Å². The largest absolute Gasteiger partial charge is 0.515 e. The fraction of sp³-hybridized carbons (Fsp3) is 0.500. The predicted molar refractivity (Wildman–Crippen MR) is 29.3 cm³/mol. The van der Waals surface area contributed by atoms with E-state index in [1.165, 1.54) is 6.92 Å². The maximum atomic E-state index is 9.81. The topological polar surface area (TPSA) is 26.3 Å². The van der Waals surface area contributed by atoms with Crippen LogP contribution in [0.25, 0.3) is 0 Å². The summed E-state index contributed by atoms with van der Waals surface area (Å²) < 4.78 is 4.41. The standard InChI is InChI=1S/C2H6O2SSi/c1-2(3)4-6-5/h5H,6H2,1H3. The first-order valence-corrected chi connectivity index (χ1v) is 4.62. The summed E-state index contributed by atoms with van der Waals surface area (Å²) in [5.41, 5.74) is 0. The molecule has 0 N–H and O–H groups in total. The maximum Gasteiger partial charge on any atom is 0.289 e. The van der Waals surface area contributed by atoms with Gasteiger partial charge in [0.2, 0.25) is 0 Å². The molecule has 0 amide bonds. The Kier molecular flexibility index (Phi) is 3.26. The van der Waals surface area contributed by atoms with Gasteiger partial charge in [-0.25, -0.2) is 0 Å². The lowest BCUT2D eigenvalue weighted by atomic mass is 10.9. The Labute approximate surface area is 43.9 Å². The molecule has 0 radical (unpaired) electrons. The molecule has 4 heteroatoms. The Morgan fingerprint density at radius 1 is 2.00 bits per heavy atom. The van der Waals surface area contributed by atoms with Crippen LogP contribution in [0.5, 0.6) is 0 Å². The van der Waals surface area contributed by atoms with Gasteiger partial charge in [0.25, 0.3) is 14.9 Å². The van der Waals surface area contributed by atoms with Crippen molar-refractivity contribution in [2.24, 2.45) is 0 Å². The molecule has 0 aliphatic rings. The number of rotatable bonds is 1. The summed E-state index contributed by atoms with van der Waals surface area (Å²) in [4.78, 5) is 9.81. The highest BCUT2D eigenvalue weighted by atomic mass is 32.3. The molecule has 0 aromatic carbocycles. The first-order chi connectivity index (χ1) is 2.77. The summed E-state index contributed by atoms with van der Waals surface area (Å²) in [6.07, 6.45) is 0. The van der Waals surface area contributed by atoms with E-state index in [-0.39, 0.29) is 5.97 Å². The minimum Gasteiger partial charge on any atom is -0.515 e. The van der Waals surface area contributed by atoms with Crippen molar-refractivity contribution < 1.29 is 9.22 Å². The quantitative estimate of drug-likeness (QED) is 0.374. The Bertz CT molecular complexity index is 55.5. The number of carbonyl (C=O) groups excluding carboxylic acids is 1. The van der Waals surface area contributed by atoms with Crippen molar-refractivity contribution in [3.05, 3.63) is 0 Å². The molecule has 0 unspecified atom stereocenters. The van der Waals surface area contributed by atoms with Crippen LogP contribution in [0.4, 0.5) is 0 Å². The number of hydrogen-bond acceptors (Lipinski definition) is 3. The van der Waals surface area contributed by atoms with Gasteiger partial charge < -0.3 is 4.43 Å². The zero-order valence-electron chi connectivity index (χ0n) is 3.47. The van der Waals surface area contributed by atoms with Gasteiger partial charge in [0, 0.05) is 6.92 Å². The lowest BCUT2D eigenvalue weighted by Crippen LogP contribution is -1.97. The Morgan fingerprint density at radius 3 is 2.50 bits per heavy atom. The van der Waals surface area contributed by atoms with Crippen LogP contribution in [0.1, 0.15) is 6.92 Å². The molecule has 0 aliphatic heterocycles. The molecular formula is C2H6O2SSi. The second-order valence-electron chi connectivity index (χ2n) is 0.765. The smallest absolute Gasteiger partial charge is 0.289 e. The van der Waals surface area contributed by atoms with Crippen LogP contribution < -0.4 is 0 Å². The average Bonchev–Trinajstić information content (AvgIpc) is 1.35. The zero-order chi connectivity index (χ0) is 4.99. The molecule has 0 aromatic heterocycles. The van der Waals surface area contributed by atoms with Crippen molar-refractivity contribution in [3.8, 4) is 0 Å². The SMILES string of the molecule is CC(=O)O[SiH2]S. The van der Waals surface area contributed by atoms with Gasteiger partial charge in [0.1, 0.15) is 0 Å². The molecule has 36 valence electrons. The van der Waals surface area contributed by atoms with Crippen LogP contribution in [0.3, 0.4) is 0 Å². The van der Waals surface area contributed by atoms with Gasteiger partial charge in [-0.2, -0.15) is 12.1 Å². The number of hydrogen-bond donors (Lipinski definition) is 1. The molecule has 0 aliphatic carbocycles.